The van der Waals surface area contributed by atoms with Crippen LogP contribution in [-0.2, 0) is 11.0 Å². The fourth-order valence-corrected chi connectivity index (χ4v) is 3.20. The average molecular weight is 353 g/mol. The van der Waals surface area contributed by atoms with E-state index in [4.69, 9.17) is 16.7 Å². The zero-order valence-electron chi connectivity index (χ0n) is 11.1. The second kappa shape index (κ2) is 6.04. The second-order valence-corrected chi connectivity index (χ2v) is 8.17. The molecule has 1 aromatic carbocycles. The number of hydrogen-bond donors (Lipinski definition) is 1. The summed E-state index contributed by atoms with van der Waals surface area (Å²) in [6, 6.07) is 4.01. The van der Waals surface area contributed by atoms with Crippen molar-refractivity contribution >= 4 is 38.5 Å². The second-order valence-electron chi connectivity index (χ2n) is 5.24. The van der Waals surface area contributed by atoms with Crippen LogP contribution in [0.5, 0.6) is 0 Å². The molecule has 2 nitrogen and oxygen atoms in total. The van der Waals surface area contributed by atoms with Gasteiger partial charge in [-0.3, -0.25) is 5.14 Å². The van der Waals surface area contributed by atoms with E-state index in [1.807, 2.05) is 32.9 Å². The lowest BCUT2D eigenvalue weighted by atomic mass is 9.90. The van der Waals surface area contributed by atoms with Crippen molar-refractivity contribution in [1.82, 2.24) is 0 Å². The zero-order valence-corrected chi connectivity index (χ0v) is 14.2. The Hall–Kier alpha value is 0.1000. The van der Waals surface area contributed by atoms with Gasteiger partial charge in [-0.1, -0.05) is 40.5 Å². The van der Waals surface area contributed by atoms with Gasteiger partial charge in [0.25, 0.3) is 0 Å². The quantitative estimate of drug-likeness (QED) is 0.862. The molecule has 0 heterocycles. The van der Waals surface area contributed by atoms with Crippen LogP contribution in [0.3, 0.4) is 0 Å². The van der Waals surface area contributed by atoms with E-state index in [-0.39, 0.29) is 5.92 Å². The van der Waals surface area contributed by atoms with Crippen molar-refractivity contribution in [2.45, 2.75) is 44.8 Å². The van der Waals surface area contributed by atoms with Gasteiger partial charge in [0, 0.05) is 9.50 Å². The van der Waals surface area contributed by atoms with Gasteiger partial charge in [0.2, 0.25) is 0 Å². The summed E-state index contributed by atoms with van der Waals surface area (Å²) in [6.45, 7) is 7.90. The molecule has 0 amide bonds. The van der Waals surface area contributed by atoms with Gasteiger partial charge >= 0.3 is 0 Å². The normalized spacial score (nSPS) is 15.5. The van der Waals surface area contributed by atoms with E-state index in [1.54, 1.807) is 0 Å². The zero-order chi connectivity index (χ0) is 14.1. The van der Waals surface area contributed by atoms with Gasteiger partial charge in [0.1, 0.15) is 0 Å². The van der Waals surface area contributed by atoms with Gasteiger partial charge in [-0.2, -0.15) is 0 Å². The number of halogens is 2. The topological polar surface area (TPSA) is 43.1 Å². The Morgan fingerprint density at radius 1 is 1.50 bits per heavy atom. The summed E-state index contributed by atoms with van der Waals surface area (Å²) in [5.74, 6) is 0.215. The number of benzene rings is 1. The molecule has 0 aliphatic rings. The van der Waals surface area contributed by atoms with Crippen molar-refractivity contribution in [3.63, 3.8) is 0 Å². The first kappa shape index (κ1) is 16.2. The van der Waals surface area contributed by atoms with Gasteiger partial charge in [-0.05, 0) is 50.3 Å². The minimum absolute atomic E-state index is 0.215. The monoisotopic (exact) mass is 351 g/mol. The summed E-state index contributed by atoms with van der Waals surface area (Å²) in [5, 5.41) is 6.29. The highest BCUT2D eigenvalue weighted by molar-refractivity contribution is 9.10. The molecule has 2 atom stereocenters. The molecule has 0 bridgehead atoms. The maximum Gasteiger partial charge on any atom is 0.0945 e. The predicted octanol–water partition coefficient (Wildman–Crippen LogP) is 4.31. The molecule has 2 N–H and O–H groups in total. The standard InChI is InChI=1S/C13H19BrClNOS/c1-8(7-13(3,4)18(16)17)10-5-6-11(14)9(2)12(10)15/h5-6,8H,7,16H2,1-4H3/t8-,18?/m1/s1. The molecule has 5 heteroatoms. The maximum atomic E-state index is 11.5. The van der Waals surface area contributed by atoms with E-state index in [0.717, 1.165) is 27.0 Å². The Labute approximate surface area is 125 Å². The lowest BCUT2D eigenvalue weighted by molar-refractivity contribution is 0.540. The van der Waals surface area contributed by atoms with E-state index >= 15 is 0 Å². The van der Waals surface area contributed by atoms with Gasteiger partial charge in [0.15, 0.2) is 0 Å². The highest BCUT2D eigenvalue weighted by Gasteiger charge is 2.27. The molecule has 102 valence electrons. The van der Waals surface area contributed by atoms with E-state index in [9.17, 15) is 4.21 Å². The van der Waals surface area contributed by atoms with E-state index in [1.165, 1.54) is 0 Å². The Kier molecular flexibility index (Phi) is 5.42. The Morgan fingerprint density at radius 3 is 2.56 bits per heavy atom. The molecule has 18 heavy (non-hydrogen) atoms. The first-order valence-corrected chi connectivity index (χ1v) is 8.16. The summed E-state index contributed by atoms with van der Waals surface area (Å²) in [4.78, 5) is 0. The van der Waals surface area contributed by atoms with E-state index in [2.05, 4.69) is 22.9 Å². The van der Waals surface area contributed by atoms with Gasteiger partial charge in [-0.15, -0.1) is 0 Å². The molecule has 0 saturated carbocycles. The fraction of sp³-hybridized carbons (Fsp3) is 0.538. The van der Waals surface area contributed by atoms with Crippen LogP contribution < -0.4 is 5.14 Å². The van der Waals surface area contributed by atoms with Crippen LogP contribution >= 0.6 is 27.5 Å². The highest BCUT2D eigenvalue weighted by Crippen LogP contribution is 2.36. The summed E-state index contributed by atoms with van der Waals surface area (Å²) < 4.78 is 12.1. The van der Waals surface area contributed by atoms with Crippen LogP contribution in [0.15, 0.2) is 16.6 Å². The SMILES string of the molecule is Cc1c(Br)ccc([C@H](C)CC(C)(C)S(N)=O)c1Cl. The first-order valence-electron chi connectivity index (χ1n) is 5.77. The molecule has 1 aromatic rings. The lowest BCUT2D eigenvalue weighted by Crippen LogP contribution is -2.33. The number of nitrogens with two attached hydrogens (primary N) is 1. The van der Waals surface area contributed by atoms with Crippen molar-refractivity contribution in [3.8, 4) is 0 Å². The van der Waals surface area contributed by atoms with Crippen LogP contribution in [0.1, 0.15) is 44.2 Å². The van der Waals surface area contributed by atoms with Crippen LogP contribution in [0, 0.1) is 6.92 Å². The molecule has 0 saturated heterocycles. The molecular weight excluding hydrogens is 334 g/mol. The number of hydrogen-bond acceptors (Lipinski definition) is 1. The molecular formula is C13H19BrClNOS. The third-order valence-electron chi connectivity index (χ3n) is 3.22. The van der Waals surface area contributed by atoms with Gasteiger partial charge in [0.05, 0.1) is 15.7 Å². The van der Waals surface area contributed by atoms with Crippen molar-refractivity contribution < 1.29 is 4.21 Å². The maximum absolute atomic E-state index is 11.5. The van der Waals surface area contributed by atoms with Crippen molar-refractivity contribution in [1.29, 1.82) is 0 Å². The van der Waals surface area contributed by atoms with Crippen molar-refractivity contribution in [2.75, 3.05) is 0 Å². The molecule has 1 unspecified atom stereocenters. The molecule has 0 spiro atoms. The third-order valence-corrected chi connectivity index (χ3v) is 5.84. The van der Waals surface area contributed by atoms with E-state index in [0.29, 0.717) is 0 Å². The third kappa shape index (κ3) is 3.56. The minimum Gasteiger partial charge on any atom is -0.251 e. The highest BCUT2D eigenvalue weighted by atomic mass is 79.9. The van der Waals surface area contributed by atoms with Crippen LogP contribution in [0.2, 0.25) is 5.02 Å². The smallest absolute Gasteiger partial charge is 0.0945 e. The fourth-order valence-electron chi connectivity index (χ4n) is 1.99. The molecule has 1 rings (SSSR count). The molecule has 0 radical (unpaired) electrons. The van der Waals surface area contributed by atoms with Crippen LogP contribution in [0.25, 0.3) is 0 Å². The van der Waals surface area contributed by atoms with Crippen LogP contribution in [0.4, 0.5) is 0 Å². The molecule has 0 fully saturated rings. The van der Waals surface area contributed by atoms with E-state index < -0.39 is 15.7 Å². The van der Waals surface area contributed by atoms with Gasteiger partial charge < -0.3 is 0 Å². The Bertz CT molecular complexity index is 476. The predicted molar refractivity (Wildman–Crippen MR) is 83.3 cm³/mol. The first-order chi connectivity index (χ1) is 8.16. The summed E-state index contributed by atoms with van der Waals surface area (Å²) in [7, 11) is -1.34. The summed E-state index contributed by atoms with van der Waals surface area (Å²) in [5.41, 5.74) is 2.11. The minimum atomic E-state index is -1.34. The Balaban J connectivity index is 3.02. The van der Waals surface area contributed by atoms with Crippen LogP contribution in [-0.4, -0.2) is 8.96 Å². The Morgan fingerprint density at radius 2 is 2.06 bits per heavy atom. The number of rotatable bonds is 4. The average Bonchev–Trinajstić information content (AvgIpc) is 2.25. The summed E-state index contributed by atoms with van der Waals surface area (Å²) in [6.07, 6.45) is 0.733. The molecule has 0 aliphatic heterocycles. The summed E-state index contributed by atoms with van der Waals surface area (Å²) >= 11 is 9.83. The molecule has 0 aliphatic carbocycles. The van der Waals surface area contributed by atoms with Gasteiger partial charge in [-0.25, -0.2) is 4.21 Å². The largest absolute Gasteiger partial charge is 0.251 e. The van der Waals surface area contributed by atoms with Crippen molar-refractivity contribution in [3.05, 3.63) is 32.8 Å². The molecule has 0 aromatic heterocycles. The lowest BCUT2D eigenvalue weighted by Gasteiger charge is -2.26. The van der Waals surface area contributed by atoms with Crippen molar-refractivity contribution in [2.24, 2.45) is 5.14 Å².